The number of hydrogen-bond acceptors (Lipinski definition) is 1. The zero-order valence-electron chi connectivity index (χ0n) is 6.53. The molecule has 0 saturated carbocycles. The zero-order valence-corrected chi connectivity index (χ0v) is 7.34. The van der Waals surface area contributed by atoms with Gasteiger partial charge in [0.25, 0.3) is 0 Å². The van der Waals surface area contributed by atoms with Gasteiger partial charge >= 0.3 is 0 Å². The first-order valence-corrected chi connectivity index (χ1v) is 4.32. The van der Waals surface area contributed by atoms with E-state index in [4.69, 9.17) is 12.2 Å². The van der Waals surface area contributed by atoms with E-state index in [1.807, 2.05) is 24.3 Å². The lowest BCUT2D eigenvalue weighted by atomic mass is 10.1. The molecule has 0 spiro atoms. The maximum absolute atomic E-state index is 4.92. The predicted octanol–water partition coefficient (Wildman–Crippen LogP) is 3.19. The standard InChI is InChI=1S/C11H8S/c12-8-10-6-3-5-9-4-1-2-7-11(9)10/h1-8H. The largest absolute Gasteiger partial charge is 0.0881 e. The lowest BCUT2D eigenvalue weighted by Gasteiger charge is -1.99. The van der Waals surface area contributed by atoms with Gasteiger partial charge in [-0.05, 0) is 16.3 Å². The summed E-state index contributed by atoms with van der Waals surface area (Å²) in [5.74, 6) is 0. The Morgan fingerprint density at radius 3 is 2.50 bits per heavy atom. The third-order valence-electron chi connectivity index (χ3n) is 1.95. The van der Waals surface area contributed by atoms with Crippen LogP contribution in [0.3, 0.4) is 0 Å². The summed E-state index contributed by atoms with van der Waals surface area (Å²) in [5.41, 5.74) is 1.13. The van der Waals surface area contributed by atoms with Crippen LogP contribution < -0.4 is 0 Å². The Kier molecular flexibility index (Phi) is 1.88. The third kappa shape index (κ3) is 1.12. The molecule has 0 bridgehead atoms. The normalized spacial score (nSPS) is 10.0. The minimum absolute atomic E-state index is 1.13. The van der Waals surface area contributed by atoms with Crippen LogP contribution in [0.1, 0.15) is 5.56 Å². The number of hydrogen-bond donors (Lipinski definition) is 0. The summed E-state index contributed by atoms with van der Waals surface area (Å²) in [4.78, 5) is 0. The second-order valence-corrected chi connectivity index (χ2v) is 2.92. The minimum atomic E-state index is 1.13. The molecule has 0 radical (unpaired) electrons. The highest BCUT2D eigenvalue weighted by Crippen LogP contribution is 2.16. The molecule has 0 aliphatic carbocycles. The van der Waals surface area contributed by atoms with Gasteiger partial charge in [-0.3, -0.25) is 0 Å². The van der Waals surface area contributed by atoms with Gasteiger partial charge in [0.05, 0.1) is 0 Å². The fraction of sp³-hybridized carbons (Fsp3) is 0. The SMILES string of the molecule is S=Cc1cccc2ccccc12. The molecule has 2 aromatic rings. The quantitative estimate of drug-likeness (QED) is 0.595. The first-order chi connectivity index (χ1) is 5.92. The predicted molar refractivity (Wildman–Crippen MR) is 56.7 cm³/mol. The maximum atomic E-state index is 4.92. The highest BCUT2D eigenvalue weighted by Gasteiger charge is 1.94. The van der Waals surface area contributed by atoms with E-state index < -0.39 is 0 Å². The van der Waals surface area contributed by atoms with Crippen LogP contribution in [0.25, 0.3) is 10.8 Å². The number of rotatable bonds is 1. The van der Waals surface area contributed by atoms with Crippen LogP contribution in [0.4, 0.5) is 0 Å². The van der Waals surface area contributed by atoms with E-state index in [1.165, 1.54) is 10.8 Å². The zero-order chi connectivity index (χ0) is 8.39. The molecule has 0 aliphatic rings. The van der Waals surface area contributed by atoms with Crippen molar-refractivity contribution in [2.75, 3.05) is 0 Å². The average Bonchev–Trinajstić information content (AvgIpc) is 2.17. The molecule has 2 rings (SSSR count). The Hall–Kier alpha value is -1.21. The summed E-state index contributed by atoms with van der Waals surface area (Å²) < 4.78 is 0. The molecule has 0 aromatic heterocycles. The van der Waals surface area contributed by atoms with Crippen LogP contribution in [-0.2, 0) is 0 Å². The van der Waals surface area contributed by atoms with Crippen LogP contribution in [0.15, 0.2) is 42.5 Å². The van der Waals surface area contributed by atoms with Gasteiger partial charge in [0.15, 0.2) is 0 Å². The van der Waals surface area contributed by atoms with Crippen LogP contribution >= 0.6 is 12.2 Å². The van der Waals surface area contributed by atoms with E-state index in [0.29, 0.717) is 0 Å². The van der Waals surface area contributed by atoms with Gasteiger partial charge in [-0.25, -0.2) is 0 Å². The van der Waals surface area contributed by atoms with E-state index in [2.05, 4.69) is 18.2 Å². The van der Waals surface area contributed by atoms with Gasteiger partial charge in [0.2, 0.25) is 0 Å². The molecule has 2 aromatic carbocycles. The fourth-order valence-corrected chi connectivity index (χ4v) is 1.56. The van der Waals surface area contributed by atoms with Gasteiger partial charge in [-0.2, -0.15) is 0 Å². The molecule has 0 unspecified atom stereocenters. The van der Waals surface area contributed by atoms with E-state index >= 15 is 0 Å². The molecule has 0 nitrogen and oxygen atoms in total. The molecule has 0 N–H and O–H groups in total. The third-order valence-corrected chi connectivity index (χ3v) is 2.20. The summed E-state index contributed by atoms with van der Waals surface area (Å²) in [6.07, 6.45) is 0. The van der Waals surface area contributed by atoms with Crippen molar-refractivity contribution in [1.29, 1.82) is 0 Å². The number of benzene rings is 2. The molecule has 0 saturated heterocycles. The van der Waals surface area contributed by atoms with Crippen molar-refractivity contribution in [2.24, 2.45) is 0 Å². The second-order valence-electron chi connectivity index (χ2n) is 2.69. The van der Waals surface area contributed by atoms with Gasteiger partial charge in [-0.15, -0.1) is 0 Å². The lowest BCUT2D eigenvalue weighted by molar-refractivity contribution is 1.73. The van der Waals surface area contributed by atoms with Crippen LogP contribution in [-0.4, -0.2) is 5.37 Å². The van der Waals surface area contributed by atoms with Gasteiger partial charge < -0.3 is 0 Å². The van der Waals surface area contributed by atoms with Crippen molar-refractivity contribution >= 4 is 28.4 Å². The first-order valence-electron chi connectivity index (χ1n) is 3.85. The van der Waals surface area contributed by atoms with Gasteiger partial charge in [0.1, 0.15) is 0 Å². The summed E-state index contributed by atoms with van der Waals surface area (Å²) in [6, 6.07) is 14.4. The fourth-order valence-electron chi connectivity index (χ4n) is 1.35. The smallest absolute Gasteiger partial charge is 0.00923 e. The van der Waals surface area contributed by atoms with Crippen molar-refractivity contribution in [2.45, 2.75) is 0 Å². The summed E-state index contributed by atoms with van der Waals surface area (Å²) in [5, 5.41) is 4.20. The molecule has 12 heavy (non-hydrogen) atoms. The van der Waals surface area contributed by atoms with E-state index in [-0.39, 0.29) is 0 Å². The molecule has 58 valence electrons. The van der Waals surface area contributed by atoms with Gasteiger partial charge in [0, 0.05) is 5.37 Å². The average molecular weight is 172 g/mol. The van der Waals surface area contributed by atoms with Crippen molar-refractivity contribution in [3.05, 3.63) is 48.0 Å². The Labute approximate surface area is 76.8 Å². The van der Waals surface area contributed by atoms with Crippen molar-refractivity contribution in [3.8, 4) is 0 Å². The van der Waals surface area contributed by atoms with Crippen LogP contribution in [0, 0.1) is 0 Å². The van der Waals surface area contributed by atoms with E-state index in [9.17, 15) is 0 Å². The molecular formula is C11H8S. The summed E-state index contributed by atoms with van der Waals surface area (Å²) >= 11 is 4.92. The first kappa shape index (κ1) is 7.44. The van der Waals surface area contributed by atoms with Crippen LogP contribution in [0.2, 0.25) is 0 Å². The number of fused-ring (bicyclic) bond motifs is 1. The molecule has 0 aliphatic heterocycles. The van der Waals surface area contributed by atoms with E-state index in [0.717, 1.165) is 5.56 Å². The van der Waals surface area contributed by atoms with Crippen LogP contribution in [0.5, 0.6) is 0 Å². The molecule has 1 heteroatoms. The Bertz CT molecular complexity index is 413. The Balaban J connectivity index is 2.88. The monoisotopic (exact) mass is 172 g/mol. The molecular weight excluding hydrogens is 164 g/mol. The van der Waals surface area contributed by atoms with Crippen molar-refractivity contribution in [1.82, 2.24) is 0 Å². The molecule has 0 fully saturated rings. The topological polar surface area (TPSA) is 0 Å². The molecule has 0 heterocycles. The van der Waals surface area contributed by atoms with Crippen molar-refractivity contribution < 1.29 is 0 Å². The lowest BCUT2D eigenvalue weighted by Crippen LogP contribution is -1.80. The maximum Gasteiger partial charge on any atom is 0.00923 e. The Morgan fingerprint density at radius 1 is 0.917 bits per heavy atom. The number of thiocarbonyl (C=S) groups is 1. The molecule has 0 amide bonds. The highest BCUT2D eigenvalue weighted by molar-refractivity contribution is 7.79. The second kappa shape index (κ2) is 3.03. The summed E-state index contributed by atoms with van der Waals surface area (Å²) in [7, 11) is 0. The summed E-state index contributed by atoms with van der Waals surface area (Å²) in [6.45, 7) is 0. The Morgan fingerprint density at radius 2 is 1.67 bits per heavy atom. The minimum Gasteiger partial charge on any atom is -0.0881 e. The van der Waals surface area contributed by atoms with Gasteiger partial charge in [-0.1, -0.05) is 54.7 Å². The molecule has 0 atom stereocenters. The van der Waals surface area contributed by atoms with E-state index in [1.54, 1.807) is 5.37 Å². The highest BCUT2D eigenvalue weighted by atomic mass is 32.1. The van der Waals surface area contributed by atoms with Crippen molar-refractivity contribution in [3.63, 3.8) is 0 Å².